The molecule has 6 heteroatoms. The SMILES string of the molecule is Cc1cc(NC(=O)CS(=O)CCO)ccc1Br. The number of rotatable bonds is 5. The maximum Gasteiger partial charge on any atom is 0.236 e. The Kier molecular flexibility index (Phi) is 5.80. The highest BCUT2D eigenvalue weighted by Crippen LogP contribution is 2.19. The average Bonchev–Trinajstić information content (AvgIpc) is 2.23. The second-order valence-corrected chi connectivity index (χ2v) is 5.95. The van der Waals surface area contributed by atoms with Gasteiger partial charge in [0.05, 0.1) is 6.61 Å². The first-order valence-electron chi connectivity index (χ1n) is 5.04. The molecule has 4 nitrogen and oxygen atoms in total. The molecule has 0 aliphatic heterocycles. The third kappa shape index (κ3) is 4.97. The fourth-order valence-electron chi connectivity index (χ4n) is 1.24. The molecule has 1 aromatic rings. The molecule has 0 heterocycles. The van der Waals surface area contributed by atoms with Crippen LogP contribution in [-0.2, 0) is 15.6 Å². The number of carbonyl (C=O) groups is 1. The third-order valence-electron chi connectivity index (χ3n) is 2.05. The van der Waals surface area contributed by atoms with Crippen LogP contribution in [0.2, 0.25) is 0 Å². The first-order chi connectivity index (χ1) is 8.02. The van der Waals surface area contributed by atoms with Crippen molar-refractivity contribution < 1.29 is 14.1 Å². The Labute approximate surface area is 111 Å². The zero-order valence-electron chi connectivity index (χ0n) is 9.40. The molecule has 1 rings (SSSR count). The Morgan fingerprint density at radius 1 is 1.53 bits per heavy atom. The number of halogens is 1. The number of nitrogens with one attached hydrogen (secondary N) is 1. The minimum Gasteiger partial charge on any atom is -0.395 e. The average molecular weight is 320 g/mol. The molecule has 94 valence electrons. The Morgan fingerprint density at radius 3 is 2.82 bits per heavy atom. The summed E-state index contributed by atoms with van der Waals surface area (Å²) >= 11 is 3.37. The topological polar surface area (TPSA) is 66.4 Å². The lowest BCUT2D eigenvalue weighted by Crippen LogP contribution is -2.21. The normalized spacial score (nSPS) is 12.2. The monoisotopic (exact) mass is 319 g/mol. The summed E-state index contributed by atoms with van der Waals surface area (Å²) in [6.45, 7) is 1.75. The molecule has 0 aromatic heterocycles. The second-order valence-electron chi connectivity index (χ2n) is 3.52. The van der Waals surface area contributed by atoms with Crippen LogP contribution in [0.4, 0.5) is 5.69 Å². The summed E-state index contributed by atoms with van der Waals surface area (Å²) in [6.07, 6.45) is 0. The van der Waals surface area contributed by atoms with Gasteiger partial charge in [0.15, 0.2) is 0 Å². The Hall–Kier alpha value is -0.720. The van der Waals surface area contributed by atoms with Crippen molar-refractivity contribution in [3.63, 3.8) is 0 Å². The van der Waals surface area contributed by atoms with E-state index in [1.807, 2.05) is 19.1 Å². The van der Waals surface area contributed by atoms with Crippen LogP contribution in [-0.4, -0.2) is 33.3 Å². The van der Waals surface area contributed by atoms with Crippen LogP contribution >= 0.6 is 15.9 Å². The lowest BCUT2D eigenvalue weighted by Gasteiger charge is -2.06. The first kappa shape index (κ1) is 14.3. The highest BCUT2D eigenvalue weighted by Gasteiger charge is 2.08. The molecule has 0 aliphatic carbocycles. The van der Waals surface area contributed by atoms with Gasteiger partial charge in [0.1, 0.15) is 5.75 Å². The highest BCUT2D eigenvalue weighted by molar-refractivity contribution is 9.10. The maximum absolute atomic E-state index is 11.5. The zero-order valence-corrected chi connectivity index (χ0v) is 11.8. The van der Waals surface area contributed by atoms with E-state index in [-0.39, 0.29) is 24.0 Å². The van der Waals surface area contributed by atoms with Gasteiger partial charge in [-0.15, -0.1) is 0 Å². The van der Waals surface area contributed by atoms with E-state index in [1.165, 1.54) is 0 Å². The molecule has 1 atom stereocenters. The van der Waals surface area contributed by atoms with Crippen molar-refractivity contribution in [2.24, 2.45) is 0 Å². The second kappa shape index (κ2) is 6.88. The van der Waals surface area contributed by atoms with E-state index in [9.17, 15) is 9.00 Å². The van der Waals surface area contributed by atoms with Crippen molar-refractivity contribution in [3.8, 4) is 0 Å². The van der Waals surface area contributed by atoms with Gasteiger partial charge in [0, 0.05) is 26.7 Å². The third-order valence-corrected chi connectivity index (χ3v) is 4.16. The molecule has 0 bridgehead atoms. The van der Waals surface area contributed by atoms with E-state index >= 15 is 0 Å². The summed E-state index contributed by atoms with van der Waals surface area (Å²) in [5.41, 5.74) is 1.69. The molecule has 0 saturated carbocycles. The zero-order chi connectivity index (χ0) is 12.8. The molecule has 1 aromatic carbocycles. The number of amides is 1. The van der Waals surface area contributed by atoms with Crippen molar-refractivity contribution in [2.45, 2.75) is 6.92 Å². The summed E-state index contributed by atoms with van der Waals surface area (Å²) in [5, 5.41) is 11.2. The molecular formula is C11H14BrNO3S. The van der Waals surface area contributed by atoms with Crippen LogP contribution in [0.3, 0.4) is 0 Å². The minimum absolute atomic E-state index is 0.0876. The lowest BCUT2D eigenvalue weighted by molar-refractivity contribution is -0.113. The molecule has 1 unspecified atom stereocenters. The van der Waals surface area contributed by atoms with E-state index < -0.39 is 10.8 Å². The van der Waals surface area contributed by atoms with E-state index in [0.29, 0.717) is 5.69 Å². The van der Waals surface area contributed by atoms with E-state index in [0.717, 1.165) is 10.0 Å². The molecule has 17 heavy (non-hydrogen) atoms. The molecule has 1 amide bonds. The molecule has 0 fully saturated rings. The van der Waals surface area contributed by atoms with Crippen LogP contribution in [0.25, 0.3) is 0 Å². The van der Waals surface area contributed by atoms with Crippen molar-refractivity contribution in [1.29, 1.82) is 0 Å². The smallest absolute Gasteiger partial charge is 0.236 e. The minimum atomic E-state index is -1.30. The van der Waals surface area contributed by atoms with Crippen molar-refractivity contribution >= 4 is 38.3 Å². The largest absolute Gasteiger partial charge is 0.395 e. The van der Waals surface area contributed by atoms with Crippen LogP contribution in [0.15, 0.2) is 22.7 Å². The summed E-state index contributed by atoms with van der Waals surface area (Å²) in [4.78, 5) is 11.5. The maximum atomic E-state index is 11.5. The fraction of sp³-hybridized carbons (Fsp3) is 0.364. The van der Waals surface area contributed by atoms with E-state index in [1.54, 1.807) is 6.07 Å². The quantitative estimate of drug-likeness (QED) is 0.863. The summed E-state index contributed by atoms with van der Waals surface area (Å²) in [6, 6.07) is 5.44. The molecule has 0 saturated heterocycles. The van der Waals surface area contributed by atoms with Gasteiger partial charge >= 0.3 is 0 Å². The lowest BCUT2D eigenvalue weighted by atomic mass is 10.2. The van der Waals surface area contributed by atoms with E-state index in [4.69, 9.17) is 5.11 Å². The van der Waals surface area contributed by atoms with Gasteiger partial charge in [-0.3, -0.25) is 9.00 Å². The molecule has 0 spiro atoms. The van der Waals surface area contributed by atoms with Crippen LogP contribution in [0, 0.1) is 6.92 Å². The number of aliphatic hydroxyl groups excluding tert-OH is 1. The van der Waals surface area contributed by atoms with Crippen LogP contribution in [0.1, 0.15) is 5.56 Å². The number of hydrogen-bond donors (Lipinski definition) is 2. The van der Waals surface area contributed by atoms with Gasteiger partial charge in [-0.1, -0.05) is 15.9 Å². The first-order valence-corrected chi connectivity index (χ1v) is 7.33. The van der Waals surface area contributed by atoms with E-state index in [2.05, 4.69) is 21.2 Å². The summed E-state index contributed by atoms with van der Waals surface area (Å²) in [7, 11) is -1.30. The number of anilines is 1. The molecular weight excluding hydrogens is 306 g/mol. The molecule has 2 N–H and O–H groups in total. The highest BCUT2D eigenvalue weighted by atomic mass is 79.9. The van der Waals surface area contributed by atoms with Crippen molar-refractivity contribution in [3.05, 3.63) is 28.2 Å². The number of aryl methyl sites for hydroxylation is 1. The number of aliphatic hydroxyl groups is 1. The van der Waals surface area contributed by atoms with Crippen molar-refractivity contribution in [1.82, 2.24) is 0 Å². The van der Waals surface area contributed by atoms with Crippen LogP contribution in [0.5, 0.6) is 0 Å². The predicted octanol–water partition coefficient (Wildman–Crippen LogP) is 1.44. The number of carbonyl (C=O) groups excluding carboxylic acids is 1. The fourth-order valence-corrected chi connectivity index (χ4v) is 2.20. The van der Waals surface area contributed by atoms with Gasteiger partial charge in [-0.05, 0) is 30.7 Å². The predicted molar refractivity (Wildman–Crippen MR) is 72.5 cm³/mol. The van der Waals surface area contributed by atoms with Gasteiger partial charge in [0.25, 0.3) is 0 Å². The number of benzene rings is 1. The Balaban J connectivity index is 2.56. The Bertz CT molecular complexity index is 437. The van der Waals surface area contributed by atoms with Crippen LogP contribution < -0.4 is 5.32 Å². The van der Waals surface area contributed by atoms with Gasteiger partial charge in [0.2, 0.25) is 5.91 Å². The van der Waals surface area contributed by atoms with Gasteiger partial charge in [-0.2, -0.15) is 0 Å². The standard InChI is InChI=1S/C11H14BrNO3S/c1-8-6-9(2-3-10(8)12)13-11(15)7-17(16)5-4-14/h2-3,6,14H,4-5,7H2,1H3,(H,13,15). The summed E-state index contributed by atoms with van der Waals surface area (Å²) < 4.78 is 12.2. The number of hydrogen-bond acceptors (Lipinski definition) is 3. The molecule has 0 aliphatic rings. The molecule has 0 radical (unpaired) electrons. The Morgan fingerprint density at radius 2 is 2.24 bits per heavy atom. The van der Waals surface area contributed by atoms with Crippen molar-refractivity contribution in [2.75, 3.05) is 23.4 Å². The van der Waals surface area contributed by atoms with Gasteiger partial charge in [-0.25, -0.2) is 0 Å². The van der Waals surface area contributed by atoms with Gasteiger partial charge < -0.3 is 10.4 Å². The summed E-state index contributed by atoms with van der Waals surface area (Å²) in [5.74, 6) is -0.263.